The van der Waals surface area contributed by atoms with E-state index in [-0.39, 0.29) is 17.9 Å². The van der Waals surface area contributed by atoms with Gasteiger partial charge in [-0.1, -0.05) is 66.7 Å². The van der Waals surface area contributed by atoms with Gasteiger partial charge in [0.15, 0.2) is 0 Å². The molecule has 0 radical (unpaired) electrons. The molecule has 0 amide bonds. The molecule has 0 saturated carbocycles. The second kappa shape index (κ2) is 9.50. The molecule has 1 aliphatic heterocycles. The molecule has 1 aliphatic rings. The van der Waals surface area contributed by atoms with Gasteiger partial charge in [0, 0.05) is 18.5 Å². The first-order chi connectivity index (χ1) is 16.5. The van der Waals surface area contributed by atoms with Crippen molar-refractivity contribution < 1.29 is 22.7 Å². The third kappa shape index (κ3) is 5.43. The highest BCUT2D eigenvalue weighted by Gasteiger charge is 2.44. The first-order valence-corrected chi connectivity index (χ1v) is 11.7. The molecule has 3 aromatic carbocycles. The summed E-state index contributed by atoms with van der Waals surface area (Å²) in [5.41, 5.74) is 2.46. The summed E-state index contributed by atoms with van der Waals surface area (Å²) in [6.07, 6.45) is -4.40. The minimum absolute atomic E-state index is 0.284. The van der Waals surface area contributed by atoms with Crippen LogP contribution in [0.25, 0.3) is 0 Å². The van der Waals surface area contributed by atoms with Crippen molar-refractivity contribution in [3.05, 3.63) is 107 Å². The Morgan fingerprint density at radius 3 is 2.11 bits per heavy atom. The Bertz CT molecular complexity index is 1170. The molecule has 3 nitrogen and oxygen atoms in total. The van der Waals surface area contributed by atoms with Crippen LogP contribution in [0.3, 0.4) is 0 Å². The van der Waals surface area contributed by atoms with Gasteiger partial charge in [0.2, 0.25) is 0 Å². The van der Waals surface area contributed by atoms with Crippen LogP contribution in [0.1, 0.15) is 67.5 Å². The van der Waals surface area contributed by atoms with Crippen LogP contribution < -0.4 is 0 Å². The van der Waals surface area contributed by atoms with Gasteiger partial charge in [0.25, 0.3) is 0 Å². The van der Waals surface area contributed by atoms with E-state index in [4.69, 9.17) is 4.74 Å². The van der Waals surface area contributed by atoms with E-state index in [1.54, 1.807) is 0 Å². The largest absolute Gasteiger partial charge is 0.459 e. The molecule has 0 unspecified atom stereocenters. The SMILES string of the molecule is C[C@H](c1ccc(C(F)(F)F)cc1)N1Cc2ccccc2[C@H](c2ccccc2)[C@H]1C(=O)OC(C)(C)C. The summed E-state index contributed by atoms with van der Waals surface area (Å²) >= 11 is 0. The lowest BCUT2D eigenvalue weighted by molar-refractivity contribution is -0.164. The number of esters is 1. The van der Waals surface area contributed by atoms with Crippen LogP contribution in [0.15, 0.2) is 78.9 Å². The van der Waals surface area contributed by atoms with E-state index in [9.17, 15) is 18.0 Å². The van der Waals surface area contributed by atoms with E-state index in [1.807, 2.05) is 82.3 Å². The minimum atomic E-state index is -4.40. The number of carbonyl (C=O) groups is 1. The lowest BCUT2D eigenvalue weighted by Gasteiger charge is -2.45. The molecule has 6 heteroatoms. The standard InChI is InChI=1S/C29H30F3NO2/c1-19(20-14-16-23(17-15-20)29(30,31)32)33-18-22-12-8-9-13-24(22)25(21-10-6-5-7-11-21)26(33)27(34)35-28(2,3)4/h5-17,19,25-26H,18H2,1-4H3/t19-,25+,26+/m1/s1. The summed E-state index contributed by atoms with van der Waals surface area (Å²) in [6, 6.07) is 22.1. The highest BCUT2D eigenvalue weighted by molar-refractivity contribution is 5.79. The molecule has 0 spiro atoms. The summed E-state index contributed by atoms with van der Waals surface area (Å²) in [6.45, 7) is 7.91. The molecule has 4 rings (SSSR count). The van der Waals surface area contributed by atoms with Gasteiger partial charge in [-0.3, -0.25) is 9.69 Å². The van der Waals surface area contributed by atoms with Crippen molar-refractivity contribution in [1.82, 2.24) is 4.90 Å². The maximum absolute atomic E-state index is 13.7. The predicted molar refractivity (Wildman–Crippen MR) is 130 cm³/mol. The fourth-order valence-electron chi connectivity index (χ4n) is 4.81. The van der Waals surface area contributed by atoms with E-state index >= 15 is 0 Å². The van der Waals surface area contributed by atoms with Crippen molar-refractivity contribution in [1.29, 1.82) is 0 Å². The molecule has 0 aliphatic carbocycles. The molecule has 0 fully saturated rings. The highest BCUT2D eigenvalue weighted by atomic mass is 19.4. The van der Waals surface area contributed by atoms with Gasteiger partial charge in [0.05, 0.1) is 5.56 Å². The Morgan fingerprint density at radius 1 is 0.914 bits per heavy atom. The molecular formula is C29H30F3NO2. The summed E-state index contributed by atoms with van der Waals surface area (Å²) < 4.78 is 45.3. The Kier molecular flexibility index (Phi) is 6.78. The lowest BCUT2D eigenvalue weighted by atomic mass is 9.78. The fraction of sp³-hybridized carbons (Fsp3) is 0.345. The Hall–Kier alpha value is -3.12. The third-order valence-electron chi connectivity index (χ3n) is 6.44. The fourth-order valence-corrected chi connectivity index (χ4v) is 4.81. The average molecular weight is 482 g/mol. The molecule has 3 atom stereocenters. The number of hydrogen-bond donors (Lipinski definition) is 0. The number of nitrogens with zero attached hydrogens (tertiary/aromatic N) is 1. The van der Waals surface area contributed by atoms with Gasteiger partial charge < -0.3 is 4.74 Å². The number of carbonyl (C=O) groups excluding carboxylic acids is 1. The molecule has 0 saturated heterocycles. The van der Waals surface area contributed by atoms with Crippen LogP contribution in [-0.2, 0) is 22.3 Å². The van der Waals surface area contributed by atoms with Gasteiger partial charge in [-0.25, -0.2) is 0 Å². The Balaban J connectivity index is 1.82. The maximum Gasteiger partial charge on any atom is 0.416 e. The van der Waals surface area contributed by atoms with Gasteiger partial charge in [-0.15, -0.1) is 0 Å². The lowest BCUT2D eigenvalue weighted by Crippen LogP contribution is -2.51. The van der Waals surface area contributed by atoms with Crippen molar-refractivity contribution >= 4 is 5.97 Å². The van der Waals surface area contributed by atoms with Crippen molar-refractivity contribution in [2.75, 3.05) is 0 Å². The number of ether oxygens (including phenoxy) is 1. The zero-order valence-corrected chi connectivity index (χ0v) is 20.3. The zero-order chi connectivity index (χ0) is 25.4. The summed E-state index contributed by atoms with van der Waals surface area (Å²) in [4.78, 5) is 15.8. The van der Waals surface area contributed by atoms with E-state index in [1.165, 1.54) is 12.1 Å². The van der Waals surface area contributed by atoms with E-state index in [0.717, 1.165) is 28.8 Å². The number of rotatable bonds is 4. The molecule has 0 N–H and O–H groups in total. The molecule has 1 heterocycles. The molecule has 35 heavy (non-hydrogen) atoms. The van der Waals surface area contributed by atoms with Crippen molar-refractivity contribution in [3.8, 4) is 0 Å². The van der Waals surface area contributed by atoms with E-state index in [0.29, 0.717) is 12.1 Å². The van der Waals surface area contributed by atoms with Crippen LogP contribution in [0.2, 0.25) is 0 Å². The Morgan fingerprint density at radius 2 is 1.51 bits per heavy atom. The molecule has 0 bridgehead atoms. The van der Waals surface area contributed by atoms with Crippen molar-refractivity contribution in [2.24, 2.45) is 0 Å². The predicted octanol–water partition coefficient (Wildman–Crippen LogP) is 7.12. The maximum atomic E-state index is 13.7. The van der Waals surface area contributed by atoms with Crippen LogP contribution in [-0.4, -0.2) is 22.5 Å². The zero-order valence-electron chi connectivity index (χ0n) is 20.3. The molecule has 184 valence electrons. The molecule has 0 aromatic heterocycles. The van der Waals surface area contributed by atoms with Crippen LogP contribution in [0.4, 0.5) is 13.2 Å². The summed E-state index contributed by atoms with van der Waals surface area (Å²) in [5.74, 6) is -0.632. The molecule has 3 aromatic rings. The monoisotopic (exact) mass is 481 g/mol. The van der Waals surface area contributed by atoms with E-state index in [2.05, 4.69) is 4.90 Å². The normalized spacial score (nSPS) is 19.6. The van der Waals surface area contributed by atoms with Crippen molar-refractivity contribution in [3.63, 3.8) is 0 Å². The smallest absolute Gasteiger partial charge is 0.416 e. The highest BCUT2D eigenvalue weighted by Crippen LogP contribution is 2.43. The average Bonchev–Trinajstić information content (AvgIpc) is 2.81. The summed E-state index contributed by atoms with van der Waals surface area (Å²) in [5, 5.41) is 0. The van der Waals surface area contributed by atoms with Gasteiger partial charge in [-0.2, -0.15) is 13.2 Å². The number of fused-ring (bicyclic) bond motifs is 1. The van der Waals surface area contributed by atoms with Gasteiger partial charge >= 0.3 is 12.1 Å². The van der Waals surface area contributed by atoms with Crippen molar-refractivity contribution in [2.45, 2.75) is 64.0 Å². The second-order valence-corrected chi connectivity index (χ2v) is 10.0. The Labute approximate surface area is 204 Å². The number of halogens is 3. The first kappa shape index (κ1) is 25.0. The quantitative estimate of drug-likeness (QED) is 0.372. The van der Waals surface area contributed by atoms with Gasteiger partial charge in [0.1, 0.15) is 11.6 Å². The number of benzene rings is 3. The van der Waals surface area contributed by atoms with Crippen LogP contribution in [0.5, 0.6) is 0 Å². The minimum Gasteiger partial charge on any atom is -0.459 e. The topological polar surface area (TPSA) is 29.5 Å². The van der Waals surface area contributed by atoms with Gasteiger partial charge in [-0.05, 0) is 62.1 Å². The second-order valence-electron chi connectivity index (χ2n) is 10.0. The number of hydrogen-bond acceptors (Lipinski definition) is 3. The first-order valence-electron chi connectivity index (χ1n) is 11.7. The van der Waals surface area contributed by atoms with Crippen LogP contribution in [0, 0.1) is 0 Å². The van der Waals surface area contributed by atoms with Crippen LogP contribution >= 0.6 is 0 Å². The molecular weight excluding hydrogens is 451 g/mol. The summed E-state index contributed by atoms with van der Waals surface area (Å²) in [7, 11) is 0. The van der Waals surface area contributed by atoms with E-state index < -0.39 is 23.4 Å². The third-order valence-corrected chi connectivity index (χ3v) is 6.44. The number of alkyl halides is 3.